The van der Waals surface area contributed by atoms with Crippen molar-refractivity contribution in [1.82, 2.24) is 5.32 Å². The normalized spacial score (nSPS) is 12.8. The molecule has 1 aromatic heterocycles. The number of carbonyl (C=O) groups excluding carboxylic acids is 1. The van der Waals surface area contributed by atoms with E-state index in [4.69, 9.17) is 21.4 Å². The molecule has 0 saturated carbocycles. The maximum absolute atomic E-state index is 12.9. The van der Waals surface area contributed by atoms with Crippen LogP contribution in [0.2, 0.25) is 0 Å². The molecule has 0 unspecified atom stereocenters. The SMILES string of the molecule is COc1ccc(-c2cc3ccccc3oc2=O)cc1NC(=S)NC(=O)c1ccc(N2CCCC2)c([N+](=O)[O-])c1. The molecule has 10 nitrogen and oxygen atoms in total. The summed E-state index contributed by atoms with van der Waals surface area (Å²) in [5.41, 5.74) is 1.75. The summed E-state index contributed by atoms with van der Waals surface area (Å²) < 4.78 is 10.9. The Kier molecular flexibility index (Phi) is 7.24. The number of ether oxygens (including phenoxy) is 1. The Hall–Kier alpha value is -4.77. The van der Waals surface area contributed by atoms with E-state index in [1.165, 1.54) is 13.2 Å². The monoisotopic (exact) mass is 544 g/mol. The number of para-hydroxylation sites is 1. The predicted octanol–water partition coefficient (Wildman–Crippen LogP) is 5.10. The van der Waals surface area contributed by atoms with Gasteiger partial charge in [-0.2, -0.15) is 0 Å². The minimum atomic E-state index is -0.603. The summed E-state index contributed by atoms with van der Waals surface area (Å²) in [6.07, 6.45) is 1.94. The third-order valence-corrected chi connectivity index (χ3v) is 6.71. The smallest absolute Gasteiger partial charge is 0.344 e. The average molecular weight is 545 g/mol. The molecule has 2 heterocycles. The van der Waals surface area contributed by atoms with E-state index in [0.717, 1.165) is 31.3 Å². The van der Waals surface area contributed by atoms with Gasteiger partial charge in [0.1, 0.15) is 17.0 Å². The Labute approximate surface area is 228 Å². The van der Waals surface area contributed by atoms with Gasteiger partial charge >= 0.3 is 5.63 Å². The number of methoxy groups -OCH3 is 1. The molecule has 11 heteroatoms. The predicted molar refractivity (Wildman–Crippen MR) is 153 cm³/mol. The van der Waals surface area contributed by atoms with Crippen molar-refractivity contribution in [2.45, 2.75) is 12.8 Å². The van der Waals surface area contributed by atoms with Crippen LogP contribution in [0, 0.1) is 10.1 Å². The number of nitro benzene ring substituents is 1. The number of nitro groups is 1. The van der Waals surface area contributed by atoms with Gasteiger partial charge in [-0.1, -0.05) is 24.3 Å². The lowest BCUT2D eigenvalue weighted by molar-refractivity contribution is -0.384. The number of anilines is 2. The quantitative estimate of drug-likeness (QED) is 0.147. The lowest BCUT2D eigenvalue weighted by Crippen LogP contribution is -2.34. The van der Waals surface area contributed by atoms with Crippen molar-refractivity contribution >= 4 is 51.3 Å². The number of benzene rings is 3. The van der Waals surface area contributed by atoms with Crippen LogP contribution in [0.25, 0.3) is 22.1 Å². The maximum Gasteiger partial charge on any atom is 0.344 e. The third-order valence-electron chi connectivity index (χ3n) is 6.51. The topological polar surface area (TPSA) is 127 Å². The van der Waals surface area contributed by atoms with Crippen molar-refractivity contribution < 1.29 is 18.9 Å². The molecule has 0 bridgehead atoms. The molecule has 39 heavy (non-hydrogen) atoms. The number of amides is 1. The molecule has 1 saturated heterocycles. The Bertz CT molecular complexity index is 1660. The highest BCUT2D eigenvalue weighted by molar-refractivity contribution is 7.80. The second-order valence-corrected chi connectivity index (χ2v) is 9.37. The second-order valence-electron chi connectivity index (χ2n) is 8.96. The molecule has 0 spiro atoms. The number of carbonyl (C=O) groups is 1. The number of hydrogen-bond donors (Lipinski definition) is 2. The summed E-state index contributed by atoms with van der Waals surface area (Å²) in [5, 5.41) is 17.9. The fraction of sp³-hybridized carbons (Fsp3) is 0.179. The van der Waals surface area contributed by atoms with Gasteiger partial charge in [-0.25, -0.2) is 4.79 Å². The van der Waals surface area contributed by atoms with Gasteiger partial charge in [0.05, 0.1) is 23.3 Å². The fourth-order valence-electron chi connectivity index (χ4n) is 4.60. The van der Waals surface area contributed by atoms with Crippen molar-refractivity contribution in [1.29, 1.82) is 0 Å². The lowest BCUT2D eigenvalue weighted by Gasteiger charge is -2.18. The molecule has 0 atom stereocenters. The number of thiocarbonyl (C=S) groups is 1. The number of nitrogens with one attached hydrogen (secondary N) is 2. The van der Waals surface area contributed by atoms with E-state index < -0.39 is 16.5 Å². The van der Waals surface area contributed by atoms with Gasteiger partial charge in [-0.15, -0.1) is 0 Å². The van der Waals surface area contributed by atoms with Gasteiger partial charge in [0, 0.05) is 30.1 Å². The van der Waals surface area contributed by atoms with Crippen molar-refractivity contribution in [2.75, 3.05) is 30.4 Å². The van der Waals surface area contributed by atoms with Crippen LogP contribution in [0.5, 0.6) is 5.75 Å². The van der Waals surface area contributed by atoms with Crippen LogP contribution in [0.1, 0.15) is 23.2 Å². The summed E-state index contributed by atoms with van der Waals surface area (Å²) in [6.45, 7) is 1.48. The van der Waals surface area contributed by atoms with Gasteiger partial charge in [-0.05, 0) is 67.0 Å². The highest BCUT2D eigenvalue weighted by atomic mass is 32.1. The number of nitrogens with zero attached hydrogens (tertiary/aromatic N) is 2. The first-order valence-electron chi connectivity index (χ1n) is 12.2. The van der Waals surface area contributed by atoms with Gasteiger partial charge in [0.2, 0.25) is 0 Å². The Morgan fingerprint density at radius 1 is 1.08 bits per heavy atom. The van der Waals surface area contributed by atoms with Crippen molar-refractivity contribution in [2.24, 2.45) is 0 Å². The number of fused-ring (bicyclic) bond motifs is 1. The van der Waals surface area contributed by atoms with Gasteiger partial charge in [0.25, 0.3) is 11.6 Å². The number of hydrogen-bond acceptors (Lipinski definition) is 8. The van der Waals surface area contributed by atoms with Crippen LogP contribution in [-0.4, -0.2) is 36.1 Å². The lowest BCUT2D eigenvalue weighted by atomic mass is 10.0. The van der Waals surface area contributed by atoms with E-state index in [0.29, 0.717) is 33.8 Å². The average Bonchev–Trinajstić information content (AvgIpc) is 3.47. The van der Waals surface area contributed by atoms with E-state index in [1.807, 2.05) is 17.0 Å². The molecule has 1 aliphatic heterocycles. The molecule has 0 radical (unpaired) electrons. The Morgan fingerprint density at radius 2 is 1.85 bits per heavy atom. The van der Waals surface area contributed by atoms with Crippen LogP contribution in [0.15, 0.2) is 75.9 Å². The van der Waals surface area contributed by atoms with Crippen LogP contribution in [-0.2, 0) is 0 Å². The molecule has 2 N–H and O–H groups in total. The molecule has 198 valence electrons. The summed E-state index contributed by atoms with van der Waals surface area (Å²) in [5.74, 6) is -0.181. The Morgan fingerprint density at radius 3 is 2.59 bits per heavy atom. The van der Waals surface area contributed by atoms with Crippen LogP contribution in [0.4, 0.5) is 17.1 Å². The maximum atomic E-state index is 12.9. The molecule has 5 rings (SSSR count). The van der Waals surface area contributed by atoms with Gasteiger partial charge in [0.15, 0.2) is 5.11 Å². The third kappa shape index (κ3) is 5.43. The zero-order chi connectivity index (χ0) is 27.5. The van der Waals surface area contributed by atoms with Crippen molar-refractivity contribution in [3.63, 3.8) is 0 Å². The zero-order valence-corrected chi connectivity index (χ0v) is 21.7. The largest absolute Gasteiger partial charge is 0.495 e. The summed E-state index contributed by atoms with van der Waals surface area (Å²) in [4.78, 5) is 38.7. The molecule has 4 aromatic rings. The highest BCUT2D eigenvalue weighted by Crippen LogP contribution is 2.32. The Balaban J connectivity index is 1.37. The minimum Gasteiger partial charge on any atom is -0.495 e. The first-order chi connectivity index (χ1) is 18.8. The van der Waals surface area contributed by atoms with Gasteiger partial charge in [-0.3, -0.25) is 20.2 Å². The molecular formula is C28H24N4O6S. The molecule has 1 fully saturated rings. The summed E-state index contributed by atoms with van der Waals surface area (Å²) in [7, 11) is 1.48. The molecular weight excluding hydrogens is 520 g/mol. The molecule has 3 aromatic carbocycles. The molecule has 1 aliphatic rings. The molecule has 0 aliphatic carbocycles. The van der Waals surface area contributed by atoms with Crippen LogP contribution in [0.3, 0.4) is 0 Å². The number of rotatable bonds is 6. The first kappa shape index (κ1) is 25.9. The van der Waals surface area contributed by atoms with Crippen molar-refractivity contribution in [3.05, 3.63) is 92.8 Å². The summed E-state index contributed by atoms with van der Waals surface area (Å²) >= 11 is 5.35. The zero-order valence-electron chi connectivity index (χ0n) is 20.9. The van der Waals surface area contributed by atoms with Gasteiger partial charge < -0.3 is 19.4 Å². The van der Waals surface area contributed by atoms with E-state index >= 15 is 0 Å². The minimum absolute atomic E-state index is 0.0488. The van der Waals surface area contributed by atoms with Crippen molar-refractivity contribution in [3.8, 4) is 16.9 Å². The van der Waals surface area contributed by atoms with Crippen LogP contribution >= 0.6 is 12.2 Å². The highest BCUT2D eigenvalue weighted by Gasteiger charge is 2.24. The van der Waals surface area contributed by atoms with E-state index in [-0.39, 0.29) is 16.4 Å². The fourth-order valence-corrected chi connectivity index (χ4v) is 4.80. The van der Waals surface area contributed by atoms with E-state index in [2.05, 4.69) is 10.6 Å². The standard InChI is InChI=1S/C28H24N4O6S/c1-37-25-11-9-17(20-14-18-6-2-3-7-24(18)38-27(20)34)15-21(25)29-28(39)30-26(33)19-8-10-22(23(16-19)32(35)36)31-12-4-5-13-31/h2-3,6-11,14-16H,4-5,12-13H2,1H3,(H2,29,30,33,39). The first-order valence-corrected chi connectivity index (χ1v) is 12.6. The molecule has 1 amide bonds. The van der Waals surface area contributed by atoms with E-state index in [1.54, 1.807) is 48.5 Å². The van der Waals surface area contributed by atoms with E-state index in [9.17, 15) is 19.7 Å². The summed E-state index contributed by atoms with van der Waals surface area (Å²) in [6, 6.07) is 18.4. The second kappa shape index (κ2) is 10.9. The van der Waals surface area contributed by atoms with Crippen LogP contribution < -0.4 is 25.9 Å².